The van der Waals surface area contributed by atoms with Crippen LogP contribution in [0.5, 0.6) is 11.5 Å². The lowest BCUT2D eigenvalue weighted by Crippen LogP contribution is -2.38. The van der Waals surface area contributed by atoms with Gasteiger partial charge >= 0.3 is 0 Å². The Hall–Kier alpha value is -2.94. The minimum Gasteiger partial charge on any atom is -0.454 e. The standard InChI is InChI=1S/C25H32N6O3/c32-25-18(11-17-12-22-23(34-16-33-22)13-21(17)26-25)14-30(19-7-3-1-4-8-19)15-24-27-28-29-31(24)20-9-5-2-6-10-20/h11-13,19-20H,1-10,14-16H2,(H,26,32). The van der Waals surface area contributed by atoms with Gasteiger partial charge in [0.2, 0.25) is 6.79 Å². The molecule has 180 valence electrons. The van der Waals surface area contributed by atoms with E-state index in [1.54, 1.807) is 0 Å². The highest BCUT2D eigenvalue weighted by Gasteiger charge is 2.27. The minimum absolute atomic E-state index is 0.0564. The highest BCUT2D eigenvalue weighted by Crippen LogP contribution is 2.35. The van der Waals surface area contributed by atoms with Crippen molar-refractivity contribution >= 4 is 10.9 Å². The van der Waals surface area contributed by atoms with Gasteiger partial charge in [-0.3, -0.25) is 9.69 Å². The van der Waals surface area contributed by atoms with E-state index in [0.717, 1.165) is 53.7 Å². The third-order valence-corrected chi connectivity index (χ3v) is 7.70. The molecule has 6 rings (SSSR count). The van der Waals surface area contributed by atoms with E-state index in [4.69, 9.17) is 9.47 Å². The first-order chi connectivity index (χ1) is 16.7. The first kappa shape index (κ1) is 21.6. The fraction of sp³-hybridized carbons (Fsp3) is 0.600. The number of aromatic nitrogens is 5. The smallest absolute Gasteiger partial charge is 0.252 e. The van der Waals surface area contributed by atoms with Crippen molar-refractivity contribution in [3.63, 3.8) is 0 Å². The SMILES string of the molecule is O=c1[nH]c2cc3c(cc2cc1CN(Cc1nnnn1C1CCCCC1)C1CCCCC1)OCO3. The van der Waals surface area contributed by atoms with Gasteiger partial charge in [0.1, 0.15) is 0 Å². The van der Waals surface area contributed by atoms with Crippen LogP contribution >= 0.6 is 0 Å². The molecule has 9 heteroatoms. The monoisotopic (exact) mass is 464 g/mol. The zero-order chi connectivity index (χ0) is 22.9. The van der Waals surface area contributed by atoms with Crippen molar-refractivity contribution in [2.45, 2.75) is 89.4 Å². The Balaban J connectivity index is 1.30. The quantitative estimate of drug-likeness (QED) is 0.587. The van der Waals surface area contributed by atoms with E-state index in [1.807, 2.05) is 18.2 Å². The van der Waals surface area contributed by atoms with E-state index in [-0.39, 0.29) is 12.4 Å². The zero-order valence-electron chi connectivity index (χ0n) is 19.5. The maximum Gasteiger partial charge on any atom is 0.252 e. The normalized spacial score (nSPS) is 19.3. The van der Waals surface area contributed by atoms with Crippen molar-refractivity contribution in [1.82, 2.24) is 30.1 Å². The summed E-state index contributed by atoms with van der Waals surface area (Å²) in [6, 6.07) is 6.61. The molecule has 0 amide bonds. The largest absolute Gasteiger partial charge is 0.454 e. The summed E-state index contributed by atoms with van der Waals surface area (Å²) in [6.45, 7) is 1.45. The van der Waals surface area contributed by atoms with Crippen molar-refractivity contribution in [3.8, 4) is 11.5 Å². The summed E-state index contributed by atoms with van der Waals surface area (Å²) in [7, 11) is 0. The molecular weight excluding hydrogens is 432 g/mol. The number of hydrogen-bond donors (Lipinski definition) is 1. The van der Waals surface area contributed by atoms with Gasteiger partial charge < -0.3 is 14.5 Å². The average Bonchev–Trinajstić information content (AvgIpc) is 3.53. The van der Waals surface area contributed by atoms with Gasteiger partial charge in [-0.25, -0.2) is 4.68 Å². The zero-order valence-corrected chi connectivity index (χ0v) is 19.5. The van der Waals surface area contributed by atoms with E-state index < -0.39 is 0 Å². The molecule has 0 spiro atoms. The Kier molecular flexibility index (Phi) is 5.95. The van der Waals surface area contributed by atoms with Crippen molar-refractivity contribution < 1.29 is 9.47 Å². The molecule has 2 saturated carbocycles. The van der Waals surface area contributed by atoms with Gasteiger partial charge in [-0.05, 0) is 48.2 Å². The highest BCUT2D eigenvalue weighted by molar-refractivity contribution is 5.83. The van der Waals surface area contributed by atoms with Crippen LogP contribution in [0, 0.1) is 0 Å². The maximum atomic E-state index is 13.1. The summed E-state index contributed by atoms with van der Waals surface area (Å²) in [4.78, 5) is 18.5. The molecule has 3 aromatic rings. The van der Waals surface area contributed by atoms with Crippen LogP contribution in [-0.2, 0) is 13.1 Å². The van der Waals surface area contributed by atoms with Crippen molar-refractivity contribution in [1.29, 1.82) is 0 Å². The molecule has 1 N–H and O–H groups in total. The van der Waals surface area contributed by atoms with Crippen LogP contribution in [0.25, 0.3) is 10.9 Å². The lowest BCUT2D eigenvalue weighted by Gasteiger charge is -2.34. The first-order valence-electron chi connectivity index (χ1n) is 12.7. The van der Waals surface area contributed by atoms with Gasteiger partial charge in [0.25, 0.3) is 5.56 Å². The minimum atomic E-state index is -0.0564. The second-order valence-corrected chi connectivity index (χ2v) is 9.94. The van der Waals surface area contributed by atoms with Gasteiger partial charge in [-0.2, -0.15) is 0 Å². The third kappa shape index (κ3) is 4.29. The molecule has 3 heterocycles. The van der Waals surface area contributed by atoms with Crippen LogP contribution in [0.1, 0.15) is 81.6 Å². The Morgan fingerprint density at radius 3 is 2.47 bits per heavy atom. The molecule has 0 bridgehead atoms. The van der Waals surface area contributed by atoms with Crippen LogP contribution in [0.15, 0.2) is 23.0 Å². The summed E-state index contributed by atoms with van der Waals surface area (Å²) in [5, 5.41) is 13.8. The predicted molar refractivity (Wildman–Crippen MR) is 127 cm³/mol. The second kappa shape index (κ2) is 9.37. The summed E-state index contributed by atoms with van der Waals surface area (Å²) >= 11 is 0. The van der Waals surface area contributed by atoms with E-state index in [0.29, 0.717) is 30.9 Å². The summed E-state index contributed by atoms with van der Waals surface area (Å²) in [5.74, 6) is 2.31. The number of tetrazole rings is 1. The van der Waals surface area contributed by atoms with Crippen LogP contribution in [0.3, 0.4) is 0 Å². The van der Waals surface area contributed by atoms with Crippen LogP contribution < -0.4 is 15.0 Å². The molecule has 0 radical (unpaired) electrons. The topological polar surface area (TPSA) is 98.2 Å². The molecule has 1 aromatic carbocycles. The first-order valence-corrected chi connectivity index (χ1v) is 12.7. The Bertz CT molecular complexity index is 1210. The fourth-order valence-corrected chi connectivity index (χ4v) is 5.85. The lowest BCUT2D eigenvalue weighted by molar-refractivity contribution is 0.131. The summed E-state index contributed by atoms with van der Waals surface area (Å²) in [6.07, 6.45) is 12.1. The van der Waals surface area contributed by atoms with E-state index >= 15 is 0 Å². The molecule has 2 aliphatic carbocycles. The summed E-state index contributed by atoms with van der Waals surface area (Å²) < 4.78 is 13.1. The molecule has 3 aliphatic rings. The molecular formula is C25H32N6O3. The number of aromatic amines is 1. The van der Waals surface area contributed by atoms with Gasteiger partial charge in [0.05, 0.1) is 18.1 Å². The number of fused-ring (bicyclic) bond motifs is 2. The van der Waals surface area contributed by atoms with E-state index in [9.17, 15) is 4.79 Å². The maximum absolute atomic E-state index is 13.1. The number of nitrogens with zero attached hydrogens (tertiary/aromatic N) is 5. The molecule has 0 unspecified atom stereocenters. The van der Waals surface area contributed by atoms with Crippen LogP contribution in [0.4, 0.5) is 0 Å². The molecule has 0 atom stereocenters. The Morgan fingerprint density at radius 2 is 1.68 bits per heavy atom. The Morgan fingerprint density at radius 1 is 0.941 bits per heavy atom. The lowest BCUT2D eigenvalue weighted by atomic mass is 9.93. The third-order valence-electron chi connectivity index (χ3n) is 7.70. The van der Waals surface area contributed by atoms with E-state index in [2.05, 4.69) is 30.1 Å². The van der Waals surface area contributed by atoms with Gasteiger partial charge in [0.15, 0.2) is 17.3 Å². The number of rotatable bonds is 6. The molecule has 9 nitrogen and oxygen atoms in total. The number of ether oxygens (including phenoxy) is 2. The highest BCUT2D eigenvalue weighted by atomic mass is 16.7. The molecule has 1 aliphatic heterocycles. The number of H-pyrrole nitrogens is 1. The van der Waals surface area contributed by atoms with E-state index in [1.165, 1.54) is 38.5 Å². The predicted octanol–water partition coefficient (Wildman–Crippen LogP) is 4.08. The number of hydrogen-bond acceptors (Lipinski definition) is 7. The van der Waals surface area contributed by atoms with Crippen molar-refractivity contribution in [2.75, 3.05) is 6.79 Å². The molecule has 34 heavy (non-hydrogen) atoms. The van der Waals surface area contributed by atoms with Gasteiger partial charge in [0, 0.05) is 29.6 Å². The number of benzene rings is 1. The van der Waals surface area contributed by atoms with Gasteiger partial charge in [-0.1, -0.05) is 38.5 Å². The van der Waals surface area contributed by atoms with Crippen LogP contribution in [-0.4, -0.2) is 42.9 Å². The fourth-order valence-electron chi connectivity index (χ4n) is 5.85. The average molecular weight is 465 g/mol. The second-order valence-electron chi connectivity index (χ2n) is 9.94. The number of pyridine rings is 1. The van der Waals surface area contributed by atoms with Crippen molar-refractivity contribution in [3.05, 3.63) is 39.9 Å². The van der Waals surface area contributed by atoms with Crippen LogP contribution in [0.2, 0.25) is 0 Å². The Labute approximate surface area is 198 Å². The summed E-state index contributed by atoms with van der Waals surface area (Å²) in [5.41, 5.74) is 1.47. The molecule has 2 aromatic heterocycles. The number of nitrogens with one attached hydrogen (secondary N) is 1. The molecule has 0 saturated heterocycles. The molecule has 2 fully saturated rings. The van der Waals surface area contributed by atoms with Crippen molar-refractivity contribution in [2.24, 2.45) is 0 Å². The van der Waals surface area contributed by atoms with Gasteiger partial charge in [-0.15, -0.1) is 5.10 Å².